The zero-order valence-corrected chi connectivity index (χ0v) is 17.4. The Kier molecular flexibility index (Phi) is 7.12. The molecule has 1 saturated heterocycles. The van der Waals surface area contributed by atoms with Gasteiger partial charge in [0, 0.05) is 38.8 Å². The van der Waals surface area contributed by atoms with E-state index in [1.807, 2.05) is 18.2 Å². The Balaban J connectivity index is 1.47. The largest absolute Gasteiger partial charge is 0.488 e. The van der Waals surface area contributed by atoms with Crippen LogP contribution >= 0.6 is 15.9 Å². The van der Waals surface area contributed by atoms with Gasteiger partial charge in [-0.1, -0.05) is 36.4 Å². The maximum absolute atomic E-state index is 5.94. The SMILES string of the molecule is CC(C)N1CCN(CCc2ccc(OCc3ccccc3)c(Br)c2)CC1. The van der Waals surface area contributed by atoms with E-state index in [0.29, 0.717) is 12.6 Å². The van der Waals surface area contributed by atoms with Crippen LogP contribution in [-0.2, 0) is 13.0 Å². The highest BCUT2D eigenvalue weighted by Crippen LogP contribution is 2.27. The lowest BCUT2D eigenvalue weighted by Crippen LogP contribution is -2.49. The summed E-state index contributed by atoms with van der Waals surface area (Å²) < 4.78 is 6.98. The Morgan fingerprint density at radius 2 is 1.69 bits per heavy atom. The van der Waals surface area contributed by atoms with Gasteiger partial charge in [0.15, 0.2) is 0 Å². The Bertz CT molecular complexity index is 682. The van der Waals surface area contributed by atoms with Crippen LogP contribution in [0.1, 0.15) is 25.0 Å². The topological polar surface area (TPSA) is 15.7 Å². The molecule has 1 heterocycles. The first-order valence-electron chi connectivity index (χ1n) is 9.53. The third-order valence-electron chi connectivity index (χ3n) is 5.09. The van der Waals surface area contributed by atoms with Crippen molar-refractivity contribution in [3.8, 4) is 5.75 Å². The second-order valence-electron chi connectivity index (χ2n) is 7.26. The molecule has 0 aliphatic carbocycles. The molecule has 26 heavy (non-hydrogen) atoms. The van der Waals surface area contributed by atoms with Crippen LogP contribution in [0.3, 0.4) is 0 Å². The van der Waals surface area contributed by atoms with Gasteiger partial charge in [-0.25, -0.2) is 0 Å². The van der Waals surface area contributed by atoms with E-state index in [-0.39, 0.29) is 0 Å². The molecule has 0 aromatic heterocycles. The monoisotopic (exact) mass is 416 g/mol. The minimum atomic E-state index is 0.596. The average molecular weight is 417 g/mol. The van der Waals surface area contributed by atoms with Crippen molar-refractivity contribution in [2.24, 2.45) is 0 Å². The summed E-state index contributed by atoms with van der Waals surface area (Å²) in [6, 6.07) is 17.4. The molecule has 0 amide bonds. The summed E-state index contributed by atoms with van der Waals surface area (Å²) in [5, 5.41) is 0. The minimum Gasteiger partial charge on any atom is -0.488 e. The van der Waals surface area contributed by atoms with E-state index >= 15 is 0 Å². The van der Waals surface area contributed by atoms with Crippen LogP contribution in [0.4, 0.5) is 0 Å². The second-order valence-corrected chi connectivity index (χ2v) is 8.11. The van der Waals surface area contributed by atoms with Gasteiger partial charge in [0.05, 0.1) is 4.47 Å². The lowest BCUT2D eigenvalue weighted by atomic mass is 10.1. The molecule has 140 valence electrons. The Labute approximate surface area is 166 Å². The molecule has 0 N–H and O–H groups in total. The van der Waals surface area contributed by atoms with Crippen LogP contribution in [-0.4, -0.2) is 48.6 Å². The fraction of sp³-hybridized carbons (Fsp3) is 0.455. The molecule has 3 nitrogen and oxygen atoms in total. The second kappa shape index (κ2) is 9.54. The van der Waals surface area contributed by atoms with Crippen molar-refractivity contribution in [2.75, 3.05) is 32.7 Å². The molecule has 1 fully saturated rings. The number of benzene rings is 2. The maximum Gasteiger partial charge on any atom is 0.134 e. The van der Waals surface area contributed by atoms with Crippen LogP contribution in [0.15, 0.2) is 53.0 Å². The van der Waals surface area contributed by atoms with E-state index in [2.05, 4.69) is 69.9 Å². The van der Waals surface area contributed by atoms with Crippen LogP contribution in [0.2, 0.25) is 0 Å². The number of rotatable bonds is 7. The highest BCUT2D eigenvalue weighted by molar-refractivity contribution is 9.10. The molecular weight excluding hydrogens is 388 g/mol. The van der Waals surface area contributed by atoms with Crippen molar-refractivity contribution >= 4 is 15.9 Å². The molecule has 3 rings (SSSR count). The zero-order valence-electron chi connectivity index (χ0n) is 15.8. The predicted molar refractivity (Wildman–Crippen MR) is 112 cm³/mol. The maximum atomic E-state index is 5.94. The summed E-state index contributed by atoms with van der Waals surface area (Å²) in [6.45, 7) is 11.0. The molecule has 0 spiro atoms. The third kappa shape index (κ3) is 5.57. The quantitative estimate of drug-likeness (QED) is 0.655. The summed E-state index contributed by atoms with van der Waals surface area (Å²) in [5.74, 6) is 0.906. The fourth-order valence-electron chi connectivity index (χ4n) is 3.34. The zero-order chi connectivity index (χ0) is 18.4. The van der Waals surface area contributed by atoms with E-state index in [1.54, 1.807) is 0 Å². The van der Waals surface area contributed by atoms with Crippen molar-refractivity contribution < 1.29 is 4.74 Å². The van der Waals surface area contributed by atoms with Gasteiger partial charge < -0.3 is 9.64 Å². The Morgan fingerprint density at radius 3 is 2.35 bits per heavy atom. The summed E-state index contributed by atoms with van der Waals surface area (Å²) >= 11 is 3.67. The first-order chi connectivity index (χ1) is 12.6. The number of nitrogens with zero attached hydrogens (tertiary/aromatic N) is 2. The number of ether oxygens (including phenoxy) is 1. The number of halogens is 1. The highest BCUT2D eigenvalue weighted by Gasteiger charge is 2.18. The van der Waals surface area contributed by atoms with E-state index < -0.39 is 0 Å². The lowest BCUT2D eigenvalue weighted by molar-refractivity contribution is 0.109. The molecule has 0 radical (unpaired) electrons. The third-order valence-corrected chi connectivity index (χ3v) is 5.71. The van der Waals surface area contributed by atoms with Crippen LogP contribution < -0.4 is 4.74 Å². The Morgan fingerprint density at radius 1 is 0.962 bits per heavy atom. The van der Waals surface area contributed by atoms with Crippen molar-refractivity contribution in [2.45, 2.75) is 32.9 Å². The van der Waals surface area contributed by atoms with Gasteiger partial charge in [-0.15, -0.1) is 0 Å². The summed E-state index contributed by atoms with van der Waals surface area (Å²) in [5.41, 5.74) is 2.54. The van der Waals surface area contributed by atoms with Gasteiger partial charge in [0.25, 0.3) is 0 Å². The van der Waals surface area contributed by atoms with Gasteiger partial charge in [-0.05, 0) is 59.5 Å². The summed E-state index contributed by atoms with van der Waals surface area (Å²) in [4.78, 5) is 5.14. The van der Waals surface area contributed by atoms with E-state index in [9.17, 15) is 0 Å². The van der Waals surface area contributed by atoms with Gasteiger partial charge in [0.1, 0.15) is 12.4 Å². The molecule has 2 aromatic rings. The average Bonchev–Trinajstić information content (AvgIpc) is 2.67. The molecule has 1 aliphatic rings. The van der Waals surface area contributed by atoms with E-state index in [4.69, 9.17) is 4.74 Å². The minimum absolute atomic E-state index is 0.596. The molecule has 1 aliphatic heterocycles. The fourth-order valence-corrected chi connectivity index (χ4v) is 3.88. The van der Waals surface area contributed by atoms with Gasteiger partial charge in [-0.2, -0.15) is 0 Å². The van der Waals surface area contributed by atoms with Gasteiger partial charge in [0.2, 0.25) is 0 Å². The molecule has 2 aromatic carbocycles. The molecule has 0 unspecified atom stereocenters. The van der Waals surface area contributed by atoms with Crippen LogP contribution in [0.25, 0.3) is 0 Å². The summed E-state index contributed by atoms with van der Waals surface area (Å²) in [6.07, 6.45) is 1.08. The van der Waals surface area contributed by atoms with Crippen molar-refractivity contribution in [3.05, 3.63) is 64.1 Å². The Hall–Kier alpha value is -1.36. The molecular formula is C22H29BrN2O. The molecule has 0 atom stereocenters. The normalized spacial score (nSPS) is 16.2. The number of hydrogen-bond donors (Lipinski definition) is 0. The molecule has 0 saturated carbocycles. The van der Waals surface area contributed by atoms with Gasteiger partial charge >= 0.3 is 0 Å². The lowest BCUT2D eigenvalue weighted by Gasteiger charge is -2.36. The van der Waals surface area contributed by atoms with Crippen molar-refractivity contribution in [1.82, 2.24) is 9.80 Å². The molecule has 0 bridgehead atoms. The van der Waals surface area contributed by atoms with E-state index in [1.165, 1.54) is 37.3 Å². The summed E-state index contributed by atoms with van der Waals surface area (Å²) in [7, 11) is 0. The first-order valence-corrected chi connectivity index (χ1v) is 10.3. The van der Waals surface area contributed by atoms with Gasteiger partial charge in [-0.3, -0.25) is 4.90 Å². The van der Waals surface area contributed by atoms with E-state index in [0.717, 1.165) is 23.2 Å². The highest BCUT2D eigenvalue weighted by atomic mass is 79.9. The van der Waals surface area contributed by atoms with Crippen LogP contribution in [0, 0.1) is 0 Å². The smallest absolute Gasteiger partial charge is 0.134 e. The predicted octanol–water partition coefficient (Wildman–Crippen LogP) is 4.60. The standard InChI is InChI=1S/C22H29BrN2O/c1-18(2)25-14-12-24(13-15-25)11-10-19-8-9-22(21(23)16-19)26-17-20-6-4-3-5-7-20/h3-9,16,18H,10-15,17H2,1-2H3. The first kappa shape index (κ1) is 19.4. The van der Waals surface area contributed by atoms with Crippen molar-refractivity contribution in [3.63, 3.8) is 0 Å². The molecule has 4 heteroatoms. The number of hydrogen-bond acceptors (Lipinski definition) is 3. The van der Waals surface area contributed by atoms with Crippen LogP contribution in [0.5, 0.6) is 5.75 Å². The number of piperazine rings is 1. The van der Waals surface area contributed by atoms with Crippen molar-refractivity contribution in [1.29, 1.82) is 0 Å².